The van der Waals surface area contributed by atoms with E-state index in [0.29, 0.717) is 6.07 Å². The maximum atomic E-state index is 13.9. The normalized spacial score (nSPS) is 14.8. The van der Waals surface area contributed by atoms with Crippen molar-refractivity contribution in [1.29, 1.82) is 0 Å². The van der Waals surface area contributed by atoms with E-state index in [1.54, 1.807) is 0 Å². The maximum absolute atomic E-state index is 13.9. The lowest BCUT2D eigenvalue weighted by molar-refractivity contribution is -0.251. The first-order valence-corrected chi connectivity index (χ1v) is 8.83. The summed E-state index contributed by atoms with van der Waals surface area (Å²) < 4.78 is 79.9. The van der Waals surface area contributed by atoms with Crippen molar-refractivity contribution in [3.05, 3.63) is 46.8 Å². The van der Waals surface area contributed by atoms with Gasteiger partial charge in [-0.25, -0.2) is 13.2 Å². The molecule has 1 atom stereocenters. The molecule has 1 aromatic heterocycles. The Bertz CT molecular complexity index is 1010. The summed E-state index contributed by atoms with van der Waals surface area (Å²) in [6.45, 7) is -0.677. The summed E-state index contributed by atoms with van der Waals surface area (Å²) in [5.74, 6) is -5.90. The first-order valence-electron chi connectivity index (χ1n) is 8.83. The molecule has 14 heteroatoms. The second kappa shape index (κ2) is 8.43. The van der Waals surface area contributed by atoms with Crippen LogP contribution in [0.4, 0.5) is 31.1 Å². The molecule has 1 aromatic carbocycles. The van der Waals surface area contributed by atoms with Crippen molar-refractivity contribution in [3.8, 4) is 0 Å². The smallest absolute Gasteiger partial charge is 0.451 e. The van der Waals surface area contributed by atoms with Crippen LogP contribution in [-0.2, 0) is 30.5 Å². The van der Waals surface area contributed by atoms with Gasteiger partial charge >= 0.3 is 6.18 Å². The molecule has 0 saturated heterocycles. The number of carbonyl (C=O) groups excluding carboxylic acids is 2. The van der Waals surface area contributed by atoms with E-state index >= 15 is 0 Å². The molecule has 0 saturated carbocycles. The predicted molar refractivity (Wildman–Crippen MR) is 87.4 cm³/mol. The van der Waals surface area contributed by atoms with Crippen molar-refractivity contribution in [2.75, 3.05) is 6.54 Å². The Hall–Kier alpha value is -3.32. The van der Waals surface area contributed by atoms with Crippen LogP contribution < -0.4 is 10.4 Å². The molecule has 31 heavy (non-hydrogen) atoms. The molecule has 8 nitrogen and oxygen atoms in total. The van der Waals surface area contributed by atoms with Gasteiger partial charge in [0.25, 0.3) is 0 Å². The molecular weight excluding hydrogens is 436 g/mol. The first-order chi connectivity index (χ1) is 14.5. The average Bonchev–Trinajstić information content (AvgIpc) is 3.09. The Morgan fingerprint density at radius 2 is 1.77 bits per heavy atom. The van der Waals surface area contributed by atoms with Crippen molar-refractivity contribution < 1.29 is 41.0 Å². The highest BCUT2D eigenvalue weighted by Crippen LogP contribution is 2.29. The minimum Gasteiger partial charge on any atom is -0.530 e. The zero-order valence-corrected chi connectivity index (χ0v) is 15.5. The van der Waals surface area contributed by atoms with Crippen LogP contribution in [0.2, 0.25) is 0 Å². The fourth-order valence-electron chi connectivity index (χ4n) is 3.25. The third kappa shape index (κ3) is 5.06. The summed E-state index contributed by atoms with van der Waals surface area (Å²) in [4.78, 5) is 24.6. The van der Waals surface area contributed by atoms with E-state index in [4.69, 9.17) is 0 Å². The number of fused-ring (bicyclic) bond motifs is 1. The second-order valence-electron chi connectivity index (χ2n) is 6.80. The third-order valence-corrected chi connectivity index (χ3v) is 4.66. The number of rotatable bonds is 5. The molecule has 2 aromatic rings. The van der Waals surface area contributed by atoms with Crippen LogP contribution in [0.5, 0.6) is 0 Å². The average molecular weight is 450 g/mol. The van der Waals surface area contributed by atoms with Gasteiger partial charge in [0.1, 0.15) is 11.9 Å². The fraction of sp³-hybridized carbons (Fsp3) is 0.412. The molecule has 0 fully saturated rings. The van der Waals surface area contributed by atoms with Gasteiger partial charge < -0.3 is 24.7 Å². The number of carbonyl (C=O) groups is 2. The van der Waals surface area contributed by atoms with Gasteiger partial charge in [0.05, 0.1) is 6.54 Å². The number of nitrogens with zero attached hydrogens (tertiary/aromatic N) is 4. The van der Waals surface area contributed by atoms with Crippen molar-refractivity contribution in [1.82, 2.24) is 25.0 Å². The second-order valence-corrected chi connectivity index (χ2v) is 6.80. The number of benzene rings is 1. The SMILES string of the molecule is O=C([O-])NC(CC(=O)N1CCn2c(nnc2C(F)(F)F)C1)Cc1cc(F)c(F)cc1F. The zero-order chi connectivity index (χ0) is 22.9. The summed E-state index contributed by atoms with van der Waals surface area (Å²) in [7, 11) is 0. The number of halogens is 6. The van der Waals surface area contributed by atoms with Crippen molar-refractivity contribution >= 4 is 12.0 Å². The molecule has 2 amide bonds. The van der Waals surface area contributed by atoms with Gasteiger partial charge in [-0.3, -0.25) is 4.79 Å². The summed E-state index contributed by atoms with van der Waals surface area (Å²) in [5.41, 5.74) is -0.376. The molecule has 1 N–H and O–H groups in total. The topological polar surface area (TPSA) is 103 Å². The van der Waals surface area contributed by atoms with E-state index in [0.717, 1.165) is 9.47 Å². The molecule has 0 radical (unpaired) electrons. The van der Waals surface area contributed by atoms with E-state index in [9.17, 15) is 41.0 Å². The number of hydrogen-bond donors (Lipinski definition) is 1. The summed E-state index contributed by atoms with van der Waals surface area (Å²) in [6.07, 6.45) is -7.53. The molecule has 2 heterocycles. The van der Waals surface area contributed by atoms with Crippen LogP contribution in [-0.4, -0.2) is 44.3 Å². The standard InChI is InChI=1S/C17H15F6N5O3/c18-10-6-12(20)11(19)4-8(10)3-9(24-16(30)31)5-14(29)27-1-2-28-13(7-27)25-26-15(28)17(21,22)23/h4,6,9,24H,1-3,5,7H2,(H,30,31)/p-1. The molecule has 0 bridgehead atoms. The van der Waals surface area contributed by atoms with Crippen LogP contribution in [0.1, 0.15) is 23.6 Å². The van der Waals surface area contributed by atoms with Gasteiger partial charge in [0.2, 0.25) is 11.7 Å². The van der Waals surface area contributed by atoms with E-state index < -0.39 is 60.3 Å². The van der Waals surface area contributed by atoms with Crippen LogP contribution in [0.15, 0.2) is 12.1 Å². The lowest BCUT2D eigenvalue weighted by atomic mass is 10.0. The molecule has 3 rings (SSSR count). The van der Waals surface area contributed by atoms with E-state index in [2.05, 4.69) is 10.2 Å². The first kappa shape index (κ1) is 22.4. The van der Waals surface area contributed by atoms with Crippen LogP contribution in [0.3, 0.4) is 0 Å². The summed E-state index contributed by atoms with van der Waals surface area (Å²) in [6, 6.07) is -0.429. The quantitative estimate of drug-likeness (QED) is 0.541. The largest absolute Gasteiger partial charge is 0.530 e. The van der Waals surface area contributed by atoms with Gasteiger partial charge in [0, 0.05) is 31.6 Å². The molecule has 0 aliphatic carbocycles. The minimum atomic E-state index is -4.71. The predicted octanol–water partition coefficient (Wildman–Crippen LogP) is 0.991. The number of amides is 2. The van der Waals surface area contributed by atoms with Gasteiger partial charge in [-0.2, -0.15) is 13.2 Å². The number of carboxylic acid groups (broad SMARTS) is 1. The molecule has 168 valence electrons. The van der Waals surface area contributed by atoms with E-state index in [-0.39, 0.29) is 37.1 Å². The minimum absolute atomic E-state index is 0.108. The van der Waals surface area contributed by atoms with Crippen molar-refractivity contribution in [2.24, 2.45) is 0 Å². The van der Waals surface area contributed by atoms with Crippen molar-refractivity contribution in [2.45, 2.75) is 38.1 Å². The Morgan fingerprint density at radius 3 is 2.42 bits per heavy atom. The Labute approximate surface area is 170 Å². The summed E-state index contributed by atoms with van der Waals surface area (Å²) >= 11 is 0. The lowest BCUT2D eigenvalue weighted by Gasteiger charge is -2.30. The molecule has 1 unspecified atom stereocenters. The molecule has 1 aliphatic rings. The van der Waals surface area contributed by atoms with E-state index in [1.165, 1.54) is 0 Å². The Morgan fingerprint density at radius 1 is 1.10 bits per heavy atom. The van der Waals surface area contributed by atoms with Crippen molar-refractivity contribution in [3.63, 3.8) is 0 Å². The van der Waals surface area contributed by atoms with Gasteiger partial charge in [-0.1, -0.05) is 0 Å². The van der Waals surface area contributed by atoms with Gasteiger partial charge in [-0.05, 0) is 18.1 Å². The number of nitrogens with one attached hydrogen (secondary N) is 1. The molecule has 0 spiro atoms. The fourth-order valence-corrected chi connectivity index (χ4v) is 3.25. The molecular formula is C17H14F6N5O3-. The maximum Gasteiger partial charge on any atom is 0.451 e. The number of alkyl halides is 3. The zero-order valence-electron chi connectivity index (χ0n) is 15.5. The Kier molecular flexibility index (Phi) is 6.08. The molecule has 1 aliphatic heterocycles. The highest BCUT2D eigenvalue weighted by Gasteiger charge is 2.40. The number of aromatic nitrogens is 3. The van der Waals surface area contributed by atoms with Gasteiger partial charge in [-0.15, -0.1) is 10.2 Å². The lowest BCUT2D eigenvalue weighted by Crippen LogP contribution is -2.48. The van der Waals surface area contributed by atoms with Crippen LogP contribution >= 0.6 is 0 Å². The monoisotopic (exact) mass is 450 g/mol. The van der Waals surface area contributed by atoms with Crippen LogP contribution in [0, 0.1) is 17.5 Å². The third-order valence-electron chi connectivity index (χ3n) is 4.66. The number of hydrogen-bond acceptors (Lipinski definition) is 5. The summed E-state index contributed by atoms with van der Waals surface area (Å²) in [5, 5.41) is 19.3. The van der Waals surface area contributed by atoms with Crippen LogP contribution in [0.25, 0.3) is 0 Å². The van der Waals surface area contributed by atoms with Gasteiger partial charge in [0.15, 0.2) is 17.5 Å². The highest BCUT2D eigenvalue weighted by molar-refractivity contribution is 5.77. The Balaban J connectivity index is 1.72. The highest BCUT2D eigenvalue weighted by atomic mass is 19.4. The van der Waals surface area contributed by atoms with E-state index in [1.807, 2.05) is 5.32 Å².